The van der Waals surface area contributed by atoms with E-state index in [4.69, 9.17) is 5.73 Å². The number of rotatable bonds is 4. The van der Waals surface area contributed by atoms with E-state index in [0.29, 0.717) is 6.54 Å². The Morgan fingerprint density at radius 3 is 2.53 bits per heavy atom. The predicted octanol–water partition coefficient (Wildman–Crippen LogP) is 1.43. The molecule has 8 heteroatoms. The van der Waals surface area contributed by atoms with E-state index < -0.39 is 15.8 Å². The van der Waals surface area contributed by atoms with Crippen molar-refractivity contribution in [3.05, 3.63) is 36.3 Å². The van der Waals surface area contributed by atoms with Gasteiger partial charge in [0.1, 0.15) is 10.7 Å². The zero-order chi connectivity index (χ0) is 14.0. The number of sulfonamides is 1. The van der Waals surface area contributed by atoms with E-state index in [9.17, 15) is 12.8 Å². The third-order valence-electron chi connectivity index (χ3n) is 2.46. The first-order chi connectivity index (χ1) is 8.92. The van der Waals surface area contributed by atoms with E-state index in [1.165, 1.54) is 23.0 Å². The summed E-state index contributed by atoms with van der Waals surface area (Å²) in [6.45, 7) is 2.33. The van der Waals surface area contributed by atoms with E-state index in [1.807, 2.05) is 6.92 Å². The minimum atomic E-state index is -3.83. The normalized spacial score (nSPS) is 11.5. The molecule has 0 aliphatic carbocycles. The lowest BCUT2D eigenvalue weighted by molar-refractivity contribution is 0.600. The fourth-order valence-corrected chi connectivity index (χ4v) is 2.65. The van der Waals surface area contributed by atoms with Crippen LogP contribution in [0.3, 0.4) is 0 Å². The molecule has 0 saturated heterocycles. The molecule has 1 heterocycles. The van der Waals surface area contributed by atoms with Crippen LogP contribution in [0.2, 0.25) is 0 Å². The number of nitrogen functional groups attached to an aromatic ring is 1. The van der Waals surface area contributed by atoms with Gasteiger partial charge >= 0.3 is 0 Å². The first kappa shape index (κ1) is 13.3. The average molecular weight is 284 g/mol. The van der Waals surface area contributed by atoms with Crippen LogP contribution in [0.4, 0.5) is 15.9 Å². The van der Waals surface area contributed by atoms with Crippen molar-refractivity contribution in [1.29, 1.82) is 0 Å². The van der Waals surface area contributed by atoms with Crippen molar-refractivity contribution >= 4 is 21.5 Å². The lowest BCUT2D eigenvalue weighted by Gasteiger charge is -2.06. The molecule has 19 heavy (non-hydrogen) atoms. The smallest absolute Gasteiger partial charge is 0.267 e. The number of aryl methyl sites for hydroxylation is 1. The van der Waals surface area contributed by atoms with Crippen LogP contribution in [0.5, 0.6) is 0 Å². The van der Waals surface area contributed by atoms with Crippen molar-refractivity contribution in [2.45, 2.75) is 18.4 Å². The highest BCUT2D eigenvalue weighted by molar-refractivity contribution is 7.92. The number of aromatic nitrogens is 2. The van der Waals surface area contributed by atoms with Gasteiger partial charge in [-0.3, -0.25) is 9.40 Å². The topological polar surface area (TPSA) is 90.0 Å². The first-order valence-electron chi connectivity index (χ1n) is 5.53. The SMILES string of the molecule is CCn1cc(S(=O)(=O)Nc2ccc(F)cc2)c(N)n1. The van der Waals surface area contributed by atoms with Crippen LogP contribution in [0.15, 0.2) is 35.4 Å². The summed E-state index contributed by atoms with van der Waals surface area (Å²) in [7, 11) is -3.83. The van der Waals surface area contributed by atoms with Crippen LogP contribution in [-0.2, 0) is 16.6 Å². The average Bonchev–Trinajstić information content (AvgIpc) is 2.74. The Bertz CT molecular complexity index is 679. The van der Waals surface area contributed by atoms with E-state index >= 15 is 0 Å². The number of anilines is 2. The van der Waals surface area contributed by atoms with Crippen LogP contribution in [0.25, 0.3) is 0 Å². The van der Waals surface area contributed by atoms with Gasteiger partial charge in [0.25, 0.3) is 10.0 Å². The summed E-state index contributed by atoms with van der Waals surface area (Å²) < 4.78 is 40.7. The Morgan fingerprint density at radius 1 is 1.37 bits per heavy atom. The fraction of sp³-hybridized carbons (Fsp3) is 0.182. The summed E-state index contributed by atoms with van der Waals surface area (Å²) in [4.78, 5) is -0.0984. The molecule has 0 spiro atoms. The largest absolute Gasteiger partial charge is 0.381 e. The van der Waals surface area contributed by atoms with Crippen LogP contribution in [0.1, 0.15) is 6.92 Å². The number of hydrogen-bond donors (Lipinski definition) is 2. The van der Waals surface area contributed by atoms with Crippen molar-refractivity contribution < 1.29 is 12.8 Å². The molecule has 0 aliphatic heterocycles. The summed E-state index contributed by atoms with van der Waals surface area (Å²) in [6.07, 6.45) is 1.35. The lowest BCUT2D eigenvalue weighted by atomic mass is 10.3. The summed E-state index contributed by atoms with van der Waals surface area (Å²) in [6, 6.07) is 4.98. The van der Waals surface area contributed by atoms with E-state index in [2.05, 4.69) is 9.82 Å². The van der Waals surface area contributed by atoms with Gasteiger partial charge in [-0.05, 0) is 31.2 Å². The van der Waals surface area contributed by atoms with Gasteiger partial charge in [-0.1, -0.05) is 0 Å². The van der Waals surface area contributed by atoms with Crippen molar-refractivity contribution in [3.8, 4) is 0 Å². The second kappa shape index (κ2) is 4.88. The van der Waals surface area contributed by atoms with Gasteiger partial charge in [0.05, 0.1) is 0 Å². The van der Waals surface area contributed by atoms with Gasteiger partial charge in [-0.25, -0.2) is 12.8 Å². The molecule has 0 bridgehead atoms. The van der Waals surface area contributed by atoms with Crippen LogP contribution < -0.4 is 10.5 Å². The highest BCUT2D eigenvalue weighted by atomic mass is 32.2. The van der Waals surface area contributed by atoms with Crippen molar-refractivity contribution in [1.82, 2.24) is 9.78 Å². The second-order valence-corrected chi connectivity index (χ2v) is 5.50. The van der Waals surface area contributed by atoms with Crippen LogP contribution in [-0.4, -0.2) is 18.2 Å². The zero-order valence-electron chi connectivity index (χ0n) is 10.2. The standard InChI is InChI=1S/C11H13FN4O2S/c1-2-16-7-10(11(13)14-16)19(17,18)15-9-5-3-8(12)4-6-9/h3-7,15H,2H2,1H3,(H2,13,14). The highest BCUT2D eigenvalue weighted by Crippen LogP contribution is 2.20. The van der Waals surface area contributed by atoms with Crippen molar-refractivity contribution in [2.75, 3.05) is 10.5 Å². The maximum Gasteiger partial charge on any atom is 0.267 e. The number of benzene rings is 1. The van der Waals surface area contributed by atoms with Crippen LogP contribution in [0, 0.1) is 5.82 Å². The van der Waals surface area contributed by atoms with Gasteiger partial charge in [0.2, 0.25) is 0 Å². The molecule has 0 unspecified atom stereocenters. The molecule has 1 aromatic carbocycles. The molecule has 0 atom stereocenters. The number of nitrogens with zero attached hydrogens (tertiary/aromatic N) is 2. The molecule has 0 amide bonds. The van der Waals surface area contributed by atoms with Gasteiger partial charge in [0, 0.05) is 18.4 Å². The minimum Gasteiger partial charge on any atom is -0.381 e. The fourth-order valence-electron chi connectivity index (χ4n) is 1.52. The van der Waals surface area contributed by atoms with Crippen LogP contribution >= 0.6 is 0 Å². The Hall–Kier alpha value is -2.09. The van der Waals surface area contributed by atoms with Crippen molar-refractivity contribution in [2.24, 2.45) is 0 Å². The molecule has 102 valence electrons. The summed E-state index contributed by atoms with van der Waals surface area (Å²) in [5, 5.41) is 3.87. The number of nitrogens with two attached hydrogens (primary N) is 1. The van der Waals surface area contributed by atoms with Gasteiger partial charge < -0.3 is 5.73 Å². The Kier molecular flexibility index (Phi) is 3.43. The maximum absolute atomic E-state index is 12.7. The molecule has 0 fully saturated rings. The predicted molar refractivity (Wildman–Crippen MR) is 69.5 cm³/mol. The summed E-state index contributed by atoms with van der Waals surface area (Å²) in [5.74, 6) is -0.516. The molecule has 2 aromatic rings. The first-order valence-corrected chi connectivity index (χ1v) is 7.02. The summed E-state index contributed by atoms with van der Waals surface area (Å²) >= 11 is 0. The monoisotopic (exact) mass is 284 g/mol. The molecule has 2 rings (SSSR count). The number of hydrogen-bond acceptors (Lipinski definition) is 4. The number of nitrogens with one attached hydrogen (secondary N) is 1. The molecule has 1 aromatic heterocycles. The van der Waals surface area contributed by atoms with Gasteiger partial charge in [-0.2, -0.15) is 5.10 Å². The quantitative estimate of drug-likeness (QED) is 0.888. The third kappa shape index (κ3) is 2.84. The van der Waals surface area contributed by atoms with Gasteiger partial charge in [-0.15, -0.1) is 0 Å². The van der Waals surface area contributed by atoms with Gasteiger partial charge in [0.15, 0.2) is 5.82 Å². The van der Waals surface area contributed by atoms with E-state index in [-0.39, 0.29) is 16.4 Å². The van der Waals surface area contributed by atoms with E-state index in [0.717, 1.165) is 12.1 Å². The molecular formula is C11H13FN4O2S. The zero-order valence-corrected chi connectivity index (χ0v) is 11.0. The third-order valence-corrected chi connectivity index (χ3v) is 3.86. The molecule has 3 N–H and O–H groups in total. The highest BCUT2D eigenvalue weighted by Gasteiger charge is 2.21. The Labute approximate surface area is 110 Å². The molecule has 0 aliphatic rings. The minimum absolute atomic E-state index is 0.0727. The lowest BCUT2D eigenvalue weighted by Crippen LogP contribution is -2.13. The molecular weight excluding hydrogens is 271 g/mol. The Balaban J connectivity index is 2.31. The molecule has 0 radical (unpaired) electrons. The maximum atomic E-state index is 12.7. The Morgan fingerprint density at radius 2 is 2.00 bits per heavy atom. The molecule has 6 nitrogen and oxygen atoms in total. The number of halogens is 1. The van der Waals surface area contributed by atoms with E-state index in [1.54, 1.807) is 0 Å². The molecule has 0 saturated carbocycles. The second-order valence-electron chi connectivity index (χ2n) is 3.85. The summed E-state index contributed by atoms with van der Waals surface area (Å²) in [5.41, 5.74) is 5.82. The van der Waals surface area contributed by atoms with Crippen molar-refractivity contribution in [3.63, 3.8) is 0 Å².